The minimum absolute atomic E-state index is 0.0613. The van der Waals surface area contributed by atoms with Gasteiger partial charge in [-0.25, -0.2) is 9.97 Å². The maximum Gasteiger partial charge on any atom is 0.115 e. The number of hydrogen-bond donors (Lipinski definition) is 1. The maximum absolute atomic E-state index is 5.80. The summed E-state index contributed by atoms with van der Waals surface area (Å²) in [4.78, 5) is 7.78. The van der Waals surface area contributed by atoms with Crippen molar-refractivity contribution in [2.24, 2.45) is 5.73 Å². The van der Waals surface area contributed by atoms with Gasteiger partial charge in [0, 0.05) is 29.8 Å². The molecule has 0 radical (unpaired) electrons. The maximum atomic E-state index is 5.80. The summed E-state index contributed by atoms with van der Waals surface area (Å²) in [6.07, 6.45) is 7.06. The molecule has 1 rings (SSSR count). The van der Waals surface area contributed by atoms with E-state index in [1.165, 1.54) is 6.33 Å². The molecule has 0 saturated heterocycles. The smallest absolute Gasteiger partial charge is 0.115 e. The molecule has 3 nitrogen and oxygen atoms in total. The Hall–Kier alpha value is -0.610. The standard InChI is InChI=1S/C7H11N3S/c1-11-4-7(8)6-2-9-5-10-3-6/h2-3,5,7H,4,8H2,1H3. The Morgan fingerprint density at radius 3 is 2.73 bits per heavy atom. The van der Waals surface area contributed by atoms with Crippen molar-refractivity contribution in [2.45, 2.75) is 6.04 Å². The highest BCUT2D eigenvalue weighted by molar-refractivity contribution is 7.98. The highest BCUT2D eigenvalue weighted by atomic mass is 32.2. The van der Waals surface area contributed by atoms with Crippen molar-refractivity contribution < 1.29 is 0 Å². The zero-order valence-corrected chi connectivity index (χ0v) is 7.21. The van der Waals surface area contributed by atoms with E-state index in [2.05, 4.69) is 9.97 Å². The molecular formula is C7H11N3S. The van der Waals surface area contributed by atoms with Gasteiger partial charge in [-0.3, -0.25) is 0 Å². The molecule has 1 aromatic heterocycles. The van der Waals surface area contributed by atoms with Crippen LogP contribution in [0.2, 0.25) is 0 Å². The van der Waals surface area contributed by atoms with Gasteiger partial charge in [0.1, 0.15) is 6.33 Å². The number of nitrogens with zero attached hydrogens (tertiary/aromatic N) is 2. The average Bonchev–Trinajstić information content (AvgIpc) is 2.07. The van der Waals surface area contributed by atoms with E-state index < -0.39 is 0 Å². The fourth-order valence-electron chi connectivity index (χ4n) is 0.778. The summed E-state index contributed by atoms with van der Waals surface area (Å²) in [6, 6.07) is 0.0613. The van der Waals surface area contributed by atoms with E-state index >= 15 is 0 Å². The van der Waals surface area contributed by atoms with Crippen LogP contribution < -0.4 is 5.73 Å². The summed E-state index contributed by atoms with van der Waals surface area (Å²) in [5.41, 5.74) is 6.81. The lowest BCUT2D eigenvalue weighted by Gasteiger charge is -2.07. The molecule has 0 aromatic carbocycles. The van der Waals surface area contributed by atoms with E-state index in [9.17, 15) is 0 Å². The SMILES string of the molecule is CSCC(N)c1cncnc1. The van der Waals surface area contributed by atoms with Crippen LogP contribution >= 0.6 is 11.8 Å². The fourth-order valence-corrected chi connectivity index (χ4v) is 1.33. The van der Waals surface area contributed by atoms with Crippen molar-refractivity contribution in [3.63, 3.8) is 0 Å². The fraction of sp³-hybridized carbons (Fsp3) is 0.429. The van der Waals surface area contributed by atoms with Crippen molar-refractivity contribution in [3.8, 4) is 0 Å². The third-order valence-electron chi connectivity index (χ3n) is 1.35. The number of nitrogens with two attached hydrogens (primary N) is 1. The molecule has 0 bridgehead atoms. The van der Waals surface area contributed by atoms with Crippen LogP contribution in [0, 0.1) is 0 Å². The largest absolute Gasteiger partial charge is 0.323 e. The number of hydrogen-bond acceptors (Lipinski definition) is 4. The molecule has 1 unspecified atom stereocenters. The minimum Gasteiger partial charge on any atom is -0.323 e. The van der Waals surface area contributed by atoms with Gasteiger partial charge >= 0.3 is 0 Å². The van der Waals surface area contributed by atoms with Crippen molar-refractivity contribution in [1.29, 1.82) is 0 Å². The molecular weight excluding hydrogens is 158 g/mol. The van der Waals surface area contributed by atoms with Crippen molar-refractivity contribution in [1.82, 2.24) is 9.97 Å². The molecule has 0 aliphatic rings. The van der Waals surface area contributed by atoms with Gasteiger partial charge in [0.2, 0.25) is 0 Å². The second-order valence-electron chi connectivity index (χ2n) is 2.23. The first-order chi connectivity index (χ1) is 5.34. The molecule has 0 amide bonds. The molecule has 1 aromatic rings. The van der Waals surface area contributed by atoms with E-state index in [-0.39, 0.29) is 6.04 Å². The number of rotatable bonds is 3. The predicted octanol–water partition coefficient (Wildman–Crippen LogP) is 0.839. The molecule has 0 fully saturated rings. The van der Waals surface area contributed by atoms with E-state index in [1.54, 1.807) is 24.2 Å². The van der Waals surface area contributed by atoms with Crippen LogP contribution in [0.15, 0.2) is 18.7 Å². The third-order valence-corrected chi connectivity index (χ3v) is 2.05. The lowest BCUT2D eigenvalue weighted by Crippen LogP contribution is -2.13. The zero-order valence-electron chi connectivity index (χ0n) is 6.40. The molecule has 4 heteroatoms. The summed E-state index contributed by atoms with van der Waals surface area (Å²) in [6.45, 7) is 0. The van der Waals surface area contributed by atoms with E-state index in [0.29, 0.717) is 0 Å². The van der Waals surface area contributed by atoms with Crippen LogP contribution in [-0.4, -0.2) is 22.0 Å². The van der Waals surface area contributed by atoms with Crippen molar-refractivity contribution in [2.75, 3.05) is 12.0 Å². The van der Waals surface area contributed by atoms with E-state index in [0.717, 1.165) is 11.3 Å². The van der Waals surface area contributed by atoms with Gasteiger partial charge in [-0.15, -0.1) is 0 Å². The Morgan fingerprint density at radius 1 is 1.55 bits per heavy atom. The van der Waals surface area contributed by atoms with Gasteiger partial charge in [-0.2, -0.15) is 11.8 Å². The minimum atomic E-state index is 0.0613. The molecule has 11 heavy (non-hydrogen) atoms. The van der Waals surface area contributed by atoms with Gasteiger partial charge in [-0.05, 0) is 6.26 Å². The molecule has 60 valence electrons. The van der Waals surface area contributed by atoms with Gasteiger partial charge in [0.05, 0.1) is 0 Å². The lowest BCUT2D eigenvalue weighted by atomic mass is 10.2. The molecule has 2 N–H and O–H groups in total. The van der Waals surface area contributed by atoms with E-state index in [1.807, 2.05) is 6.26 Å². The normalized spacial score (nSPS) is 12.9. The zero-order chi connectivity index (χ0) is 8.10. The Morgan fingerprint density at radius 2 is 2.18 bits per heavy atom. The molecule has 0 aliphatic carbocycles. The average molecular weight is 169 g/mol. The summed E-state index contributed by atoms with van der Waals surface area (Å²) in [5, 5.41) is 0. The summed E-state index contributed by atoms with van der Waals surface area (Å²) in [5.74, 6) is 0.910. The monoisotopic (exact) mass is 169 g/mol. The number of thioether (sulfide) groups is 1. The van der Waals surface area contributed by atoms with Crippen molar-refractivity contribution >= 4 is 11.8 Å². The van der Waals surface area contributed by atoms with Crippen LogP contribution in [0.4, 0.5) is 0 Å². The molecule has 1 atom stereocenters. The first-order valence-corrected chi connectivity index (χ1v) is 4.73. The predicted molar refractivity (Wildman–Crippen MR) is 47.3 cm³/mol. The van der Waals surface area contributed by atoms with Crippen LogP contribution in [0.3, 0.4) is 0 Å². The summed E-state index contributed by atoms with van der Waals surface area (Å²) >= 11 is 1.72. The van der Waals surface area contributed by atoms with E-state index in [4.69, 9.17) is 5.73 Å². The van der Waals surface area contributed by atoms with Gasteiger partial charge in [0.15, 0.2) is 0 Å². The first-order valence-electron chi connectivity index (χ1n) is 3.34. The summed E-state index contributed by atoms with van der Waals surface area (Å²) in [7, 11) is 0. The topological polar surface area (TPSA) is 51.8 Å². The summed E-state index contributed by atoms with van der Waals surface area (Å²) < 4.78 is 0. The molecule has 0 aliphatic heterocycles. The van der Waals surface area contributed by atoms with Gasteiger partial charge in [-0.1, -0.05) is 0 Å². The van der Waals surface area contributed by atoms with Gasteiger partial charge < -0.3 is 5.73 Å². The Bertz CT molecular complexity index is 202. The third kappa shape index (κ3) is 2.48. The lowest BCUT2D eigenvalue weighted by molar-refractivity contribution is 0.815. The molecule has 0 spiro atoms. The van der Waals surface area contributed by atoms with Gasteiger partial charge in [0.25, 0.3) is 0 Å². The highest BCUT2D eigenvalue weighted by Gasteiger charge is 2.03. The second-order valence-corrected chi connectivity index (χ2v) is 3.14. The second kappa shape index (κ2) is 4.31. The van der Waals surface area contributed by atoms with Crippen LogP contribution in [0.5, 0.6) is 0 Å². The van der Waals surface area contributed by atoms with Crippen LogP contribution in [0.25, 0.3) is 0 Å². The highest BCUT2D eigenvalue weighted by Crippen LogP contribution is 2.11. The number of aromatic nitrogens is 2. The Balaban J connectivity index is 2.61. The first kappa shape index (κ1) is 8.49. The molecule has 0 saturated carbocycles. The quantitative estimate of drug-likeness (QED) is 0.728. The Labute approximate surface area is 70.4 Å². The van der Waals surface area contributed by atoms with Crippen molar-refractivity contribution in [3.05, 3.63) is 24.3 Å². The van der Waals surface area contributed by atoms with Crippen LogP contribution in [-0.2, 0) is 0 Å². The Kier molecular flexibility index (Phi) is 3.32. The van der Waals surface area contributed by atoms with Crippen LogP contribution in [0.1, 0.15) is 11.6 Å². The molecule has 1 heterocycles.